The summed E-state index contributed by atoms with van der Waals surface area (Å²) in [6, 6.07) is 0.687. The van der Waals surface area contributed by atoms with Crippen LogP contribution in [-0.4, -0.2) is 37.1 Å². The van der Waals surface area contributed by atoms with Crippen molar-refractivity contribution in [2.45, 2.75) is 66.8 Å². The molecule has 0 aromatic heterocycles. The molecule has 0 bridgehead atoms. The van der Waals surface area contributed by atoms with Gasteiger partial charge in [0.15, 0.2) is 0 Å². The molecule has 1 N–H and O–H groups in total. The van der Waals surface area contributed by atoms with E-state index < -0.39 is 0 Å². The molecule has 0 aromatic rings. The molecule has 2 heteroatoms. The Morgan fingerprint density at radius 2 is 1.95 bits per heavy atom. The summed E-state index contributed by atoms with van der Waals surface area (Å²) in [6.07, 6.45) is 4.17. The van der Waals surface area contributed by atoms with Crippen LogP contribution in [0.4, 0.5) is 0 Å². The molecule has 0 radical (unpaired) electrons. The molecule has 1 rings (SSSR count). The van der Waals surface area contributed by atoms with Crippen LogP contribution in [0.3, 0.4) is 0 Å². The summed E-state index contributed by atoms with van der Waals surface area (Å²) in [6.45, 7) is 18.9. The Hall–Kier alpha value is -0.0800. The topological polar surface area (TPSA) is 15.3 Å². The van der Waals surface area contributed by atoms with Crippen molar-refractivity contribution >= 4 is 0 Å². The Labute approximate surface area is 121 Å². The molecule has 2 unspecified atom stereocenters. The standard InChI is InChI=1S/C17H36N2/c1-7-18-16-15(10-9-11-17(16,5)6)13-19(8-2)12-14(3)4/h14-16,18H,7-13H2,1-6H3. The van der Waals surface area contributed by atoms with Crippen molar-refractivity contribution in [3.63, 3.8) is 0 Å². The van der Waals surface area contributed by atoms with E-state index in [0.717, 1.165) is 18.4 Å². The molecule has 1 fully saturated rings. The molecule has 0 aromatic carbocycles. The highest BCUT2D eigenvalue weighted by molar-refractivity contribution is 4.94. The van der Waals surface area contributed by atoms with Crippen LogP contribution in [0.5, 0.6) is 0 Å². The molecule has 2 atom stereocenters. The van der Waals surface area contributed by atoms with Gasteiger partial charge in [-0.2, -0.15) is 0 Å². The van der Waals surface area contributed by atoms with Crippen molar-refractivity contribution in [2.75, 3.05) is 26.2 Å². The maximum atomic E-state index is 3.78. The summed E-state index contributed by atoms with van der Waals surface area (Å²) in [7, 11) is 0. The van der Waals surface area contributed by atoms with Gasteiger partial charge in [-0.25, -0.2) is 0 Å². The van der Waals surface area contributed by atoms with Crippen LogP contribution in [-0.2, 0) is 0 Å². The summed E-state index contributed by atoms with van der Waals surface area (Å²) >= 11 is 0. The van der Waals surface area contributed by atoms with E-state index in [1.165, 1.54) is 38.9 Å². The fourth-order valence-corrected chi connectivity index (χ4v) is 3.82. The van der Waals surface area contributed by atoms with Gasteiger partial charge in [0.05, 0.1) is 0 Å². The van der Waals surface area contributed by atoms with Gasteiger partial charge in [-0.1, -0.05) is 48.0 Å². The monoisotopic (exact) mass is 268 g/mol. The SMILES string of the molecule is CCNC1C(CN(CC)CC(C)C)CCCC1(C)C. The number of rotatable bonds is 7. The van der Waals surface area contributed by atoms with Gasteiger partial charge in [0.1, 0.15) is 0 Å². The van der Waals surface area contributed by atoms with Crippen molar-refractivity contribution in [1.82, 2.24) is 10.2 Å². The predicted octanol–water partition coefficient (Wildman–Crippen LogP) is 3.77. The fraction of sp³-hybridized carbons (Fsp3) is 1.00. The van der Waals surface area contributed by atoms with Crippen molar-refractivity contribution in [1.29, 1.82) is 0 Å². The second-order valence-electron chi connectivity index (χ2n) is 7.42. The third-order valence-corrected chi connectivity index (χ3v) is 4.70. The van der Waals surface area contributed by atoms with Crippen LogP contribution < -0.4 is 5.32 Å². The Morgan fingerprint density at radius 1 is 1.26 bits per heavy atom. The first kappa shape index (κ1) is 17.0. The van der Waals surface area contributed by atoms with Crippen molar-refractivity contribution in [3.8, 4) is 0 Å². The summed E-state index contributed by atoms with van der Waals surface area (Å²) in [4.78, 5) is 2.65. The van der Waals surface area contributed by atoms with E-state index in [9.17, 15) is 0 Å². The zero-order valence-electron chi connectivity index (χ0n) is 14.1. The van der Waals surface area contributed by atoms with Crippen LogP contribution in [0.15, 0.2) is 0 Å². The molecule has 1 saturated carbocycles. The average molecular weight is 268 g/mol. The average Bonchev–Trinajstić information content (AvgIpc) is 2.31. The largest absolute Gasteiger partial charge is 0.313 e. The van der Waals surface area contributed by atoms with Gasteiger partial charge < -0.3 is 10.2 Å². The van der Waals surface area contributed by atoms with Gasteiger partial charge in [-0.15, -0.1) is 0 Å². The van der Waals surface area contributed by atoms with Gasteiger partial charge in [0, 0.05) is 19.1 Å². The number of hydrogen-bond donors (Lipinski definition) is 1. The van der Waals surface area contributed by atoms with E-state index in [1.54, 1.807) is 0 Å². The lowest BCUT2D eigenvalue weighted by molar-refractivity contribution is 0.0778. The third kappa shape index (κ3) is 5.07. The van der Waals surface area contributed by atoms with Crippen LogP contribution >= 0.6 is 0 Å². The molecule has 0 spiro atoms. The number of hydrogen-bond acceptors (Lipinski definition) is 2. The van der Waals surface area contributed by atoms with Gasteiger partial charge in [0.2, 0.25) is 0 Å². The second-order valence-corrected chi connectivity index (χ2v) is 7.42. The van der Waals surface area contributed by atoms with E-state index in [4.69, 9.17) is 0 Å². The number of nitrogens with zero attached hydrogens (tertiary/aromatic N) is 1. The summed E-state index contributed by atoms with van der Waals surface area (Å²) < 4.78 is 0. The minimum atomic E-state index is 0.455. The normalized spacial score (nSPS) is 27.2. The highest BCUT2D eigenvalue weighted by atomic mass is 15.1. The summed E-state index contributed by atoms with van der Waals surface area (Å²) in [5.74, 6) is 1.59. The van der Waals surface area contributed by atoms with Crippen LogP contribution in [0, 0.1) is 17.3 Å². The van der Waals surface area contributed by atoms with Crippen molar-refractivity contribution in [2.24, 2.45) is 17.3 Å². The van der Waals surface area contributed by atoms with Gasteiger partial charge in [-0.3, -0.25) is 0 Å². The molecule has 114 valence electrons. The molecular weight excluding hydrogens is 232 g/mol. The maximum absolute atomic E-state index is 3.78. The summed E-state index contributed by atoms with van der Waals surface area (Å²) in [5.41, 5.74) is 0.455. The zero-order chi connectivity index (χ0) is 14.5. The third-order valence-electron chi connectivity index (χ3n) is 4.70. The minimum Gasteiger partial charge on any atom is -0.313 e. The lowest BCUT2D eigenvalue weighted by Crippen LogP contribution is -2.53. The molecule has 0 aliphatic heterocycles. The lowest BCUT2D eigenvalue weighted by atomic mass is 9.67. The van der Waals surface area contributed by atoms with Gasteiger partial charge in [0.25, 0.3) is 0 Å². The van der Waals surface area contributed by atoms with Crippen LogP contribution in [0.25, 0.3) is 0 Å². The molecule has 0 amide bonds. The molecule has 19 heavy (non-hydrogen) atoms. The number of nitrogens with one attached hydrogen (secondary N) is 1. The summed E-state index contributed by atoms with van der Waals surface area (Å²) in [5, 5.41) is 3.78. The van der Waals surface area contributed by atoms with E-state index in [1.807, 2.05) is 0 Å². The molecule has 1 aliphatic rings. The Balaban J connectivity index is 2.66. The predicted molar refractivity (Wildman–Crippen MR) is 85.5 cm³/mol. The van der Waals surface area contributed by atoms with Crippen molar-refractivity contribution in [3.05, 3.63) is 0 Å². The Bertz CT molecular complexity index is 248. The first-order valence-corrected chi connectivity index (χ1v) is 8.36. The minimum absolute atomic E-state index is 0.455. The van der Waals surface area contributed by atoms with Gasteiger partial charge >= 0.3 is 0 Å². The van der Waals surface area contributed by atoms with E-state index in [-0.39, 0.29) is 0 Å². The molecule has 1 aliphatic carbocycles. The maximum Gasteiger partial charge on any atom is 0.0159 e. The Kier molecular flexibility index (Phi) is 6.82. The second kappa shape index (κ2) is 7.64. The first-order chi connectivity index (χ1) is 8.90. The fourth-order valence-electron chi connectivity index (χ4n) is 3.82. The van der Waals surface area contributed by atoms with E-state index >= 15 is 0 Å². The highest BCUT2D eigenvalue weighted by Crippen LogP contribution is 2.39. The van der Waals surface area contributed by atoms with E-state index in [0.29, 0.717) is 11.5 Å². The smallest absolute Gasteiger partial charge is 0.0159 e. The van der Waals surface area contributed by atoms with Gasteiger partial charge in [-0.05, 0) is 43.2 Å². The quantitative estimate of drug-likeness (QED) is 0.756. The Morgan fingerprint density at radius 3 is 2.47 bits per heavy atom. The first-order valence-electron chi connectivity index (χ1n) is 8.36. The lowest BCUT2D eigenvalue weighted by Gasteiger charge is -2.46. The van der Waals surface area contributed by atoms with E-state index in [2.05, 4.69) is 51.8 Å². The molecule has 0 heterocycles. The molecule has 2 nitrogen and oxygen atoms in total. The molecular formula is C17H36N2. The van der Waals surface area contributed by atoms with Crippen LogP contribution in [0.1, 0.15) is 60.8 Å². The van der Waals surface area contributed by atoms with Crippen molar-refractivity contribution < 1.29 is 0 Å². The molecule has 0 saturated heterocycles. The van der Waals surface area contributed by atoms with Crippen LogP contribution in [0.2, 0.25) is 0 Å². The highest BCUT2D eigenvalue weighted by Gasteiger charge is 2.38. The zero-order valence-corrected chi connectivity index (χ0v) is 14.1.